The third-order valence-corrected chi connectivity index (χ3v) is 4.38. The summed E-state index contributed by atoms with van der Waals surface area (Å²) >= 11 is 0. The maximum Gasteiger partial charge on any atom is 0.240 e. The van der Waals surface area contributed by atoms with Gasteiger partial charge in [-0.2, -0.15) is 5.10 Å². The van der Waals surface area contributed by atoms with E-state index >= 15 is 0 Å². The van der Waals surface area contributed by atoms with Gasteiger partial charge in [-0.25, -0.2) is 5.43 Å². The molecule has 2 rings (SSSR count). The summed E-state index contributed by atoms with van der Waals surface area (Å²) in [5.41, 5.74) is 5.71. The van der Waals surface area contributed by atoms with Crippen LogP contribution in [0.1, 0.15) is 36.5 Å². The lowest BCUT2D eigenvalue weighted by Gasteiger charge is -2.10. The number of ether oxygens (including phenoxy) is 3. The molecule has 6 heteroatoms. The topological polar surface area (TPSA) is 69.2 Å². The van der Waals surface area contributed by atoms with Crippen LogP contribution in [0.5, 0.6) is 17.2 Å². The van der Waals surface area contributed by atoms with Crippen LogP contribution in [0.15, 0.2) is 41.5 Å². The van der Waals surface area contributed by atoms with E-state index in [1.165, 1.54) is 5.56 Å². The predicted octanol–water partition coefficient (Wildman–Crippen LogP) is 3.89. The summed E-state index contributed by atoms with van der Waals surface area (Å²) < 4.78 is 16.2. The summed E-state index contributed by atoms with van der Waals surface area (Å²) in [7, 11) is 1.65. The maximum absolute atomic E-state index is 12.0. The van der Waals surface area contributed by atoms with E-state index in [2.05, 4.69) is 16.4 Å². The molecular weight excluding hydrogens is 380 g/mol. The van der Waals surface area contributed by atoms with Crippen molar-refractivity contribution in [2.75, 3.05) is 20.3 Å². The van der Waals surface area contributed by atoms with Gasteiger partial charge in [-0.1, -0.05) is 12.0 Å². The van der Waals surface area contributed by atoms with E-state index in [1.807, 2.05) is 38.1 Å². The van der Waals surface area contributed by atoms with Crippen LogP contribution < -0.4 is 19.6 Å². The molecule has 0 aliphatic rings. The number of hydrogen-bond acceptors (Lipinski definition) is 5. The Balaban J connectivity index is 1.83. The Morgan fingerprint density at radius 1 is 1.20 bits per heavy atom. The standard InChI is InChI=1S/C24H28N2O4/c1-5-14-30-22-13-10-19(16-23(22)29-6-2)17-25-26-24(27)9-7-8-20-11-12-21(28-4)15-18(20)3/h1,10-13,15-17H,6-9,14H2,2-4H3,(H,26,27). The lowest BCUT2D eigenvalue weighted by molar-refractivity contribution is -0.121. The number of hydrogen-bond donors (Lipinski definition) is 1. The summed E-state index contributed by atoms with van der Waals surface area (Å²) in [6, 6.07) is 11.3. The number of nitrogens with one attached hydrogen (secondary N) is 1. The number of rotatable bonds is 11. The van der Waals surface area contributed by atoms with E-state index in [0.29, 0.717) is 24.5 Å². The van der Waals surface area contributed by atoms with Crippen LogP contribution >= 0.6 is 0 Å². The number of terminal acetylenes is 1. The van der Waals surface area contributed by atoms with Crippen molar-refractivity contribution in [3.8, 4) is 29.6 Å². The van der Waals surface area contributed by atoms with Gasteiger partial charge in [0.15, 0.2) is 11.5 Å². The van der Waals surface area contributed by atoms with Crippen molar-refractivity contribution < 1.29 is 19.0 Å². The average Bonchev–Trinajstić information content (AvgIpc) is 2.74. The zero-order valence-corrected chi connectivity index (χ0v) is 17.7. The first-order valence-electron chi connectivity index (χ1n) is 9.86. The highest BCUT2D eigenvalue weighted by atomic mass is 16.5. The molecule has 0 aliphatic heterocycles. The number of nitrogens with zero attached hydrogens (tertiary/aromatic N) is 1. The Bertz CT molecular complexity index is 916. The number of benzene rings is 2. The third kappa shape index (κ3) is 7.17. The maximum atomic E-state index is 12.0. The number of methoxy groups -OCH3 is 1. The van der Waals surface area contributed by atoms with E-state index in [0.717, 1.165) is 29.7 Å². The van der Waals surface area contributed by atoms with Crippen LogP contribution in [0, 0.1) is 19.3 Å². The first-order valence-corrected chi connectivity index (χ1v) is 9.86. The fourth-order valence-corrected chi connectivity index (χ4v) is 2.86. The Kier molecular flexibility index (Phi) is 9.26. The molecule has 6 nitrogen and oxygen atoms in total. The molecule has 0 atom stereocenters. The van der Waals surface area contributed by atoms with Crippen molar-refractivity contribution in [3.63, 3.8) is 0 Å². The van der Waals surface area contributed by atoms with Crippen LogP contribution in [-0.4, -0.2) is 32.4 Å². The van der Waals surface area contributed by atoms with Crippen molar-refractivity contribution in [3.05, 3.63) is 53.1 Å². The fourth-order valence-electron chi connectivity index (χ4n) is 2.86. The van der Waals surface area contributed by atoms with Gasteiger partial charge in [0.2, 0.25) is 5.91 Å². The molecule has 0 bridgehead atoms. The molecule has 0 aromatic heterocycles. The van der Waals surface area contributed by atoms with E-state index in [4.69, 9.17) is 20.6 Å². The second-order valence-corrected chi connectivity index (χ2v) is 6.57. The minimum absolute atomic E-state index is 0.128. The molecule has 1 N–H and O–H groups in total. The molecule has 1 amide bonds. The zero-order valence-electron chi connectivity index (χ0n) is 17.7. The Morgan fingerprint density at radius 2 is 2.03 bits per heavy atom. The minimum Gasteiger partial charge on any atom is -0.497 e. The van der Waals surface area contributed by atoms with E-state index < -0.39 is 0 Å². The second kappa shape index (κ2) is 12.2. The van der Waals surface area contributed by atoms with Crippen molar-refractivity contribution >= 4 is 12.1 Å². The quantitative estimate of drug-likeness (QED) is 0.348. The predicted molar refractivity (Wildman–Crippen MR) is 118 cm³/mol. The van der Waals surface area contributed by atoms with Gasteiger partial charge >= 0.3 is 0 Å². The lowest BCUT2D eigenvalue weighted by Crippen LogP contribution is -2.17. The molecule has 0 fully saturated rings. The monoisotopic (exact) mass is 408 g/mol. The molecule has 158 valence electrons. The van der Waals surface area contributed by atoms with Crippen molar-refractivity contribution in [2.45, 2.75) is 33.1 Å². The minimum atomic E-state index is -0.128. The summed E-state index contributed by atoms with van der Waals surface area (Å²) in [5, 5.41) is 4.03. The van der Waals surface area contributed by atoms with Crippen molar-refractivity contribution in [2.24, 2.45) is 5.10 Å². The summed E-state index contributed by atoms with van der Waals surface area (Å²) in [4.78, 5) is 12.0. The number of amides is 1. The highest BCUT2D eigenvalue weighted by Gasteiger charge is 2.06. The largest absolute Gasteiger partial charge is 0.497 e. The molecule has 0 saturated heterocycles. The van der Waals surface area contributed by atoms with Gasteiger partial charge in [0.05, 0.1) is 19.9 Å². The highest BCUT2D eigenvalue weighted by molar-refractivity contribution is 5.83. The van der Waals surface area contributed by atoms with Gasteiger partial charge < -0.3 is 14.2 Å². The first-order chi connectivity index (χ1) is 14.6. The summed E-state index contributed by atoms with van der Waals surface area (Å²) in [5.74, 6) is 4.29. The van der Waals surface area contributed by atoms with Gasteiger partial charge in [-0.15, -0.1) is 6.42 Å². The highest BCUT2D eigenvalue weighted by Crippen LogP contribution is 2.28. The van der Waals surface area contributed by atoms with E-state index in [-0.39, 0.29) is 12.5 Å². The molecule has 2 aromatic rings. The van der Waals surface area contributed by atoms with E-state index in [9.17, 15) is 4.79 Å². The summed E-state index contributed by atoms with van der Waals surface area (Å²) in [6.45, 7) is 4.60. The normalized spacial score (nSPS) is 10.5. The number of hydrazone groups is 1. The zero-order chi connectivity index (χ0) is 21.8. The molecule has 2 aromatic carbocycles. The number of carbonyl (C=O) groups excluding carboxylic acids is 1. The van der Waals surface area contributed by atoms with Crippen LogP contribution in [-0.2, 0) is 11.2 Å². The number of carbonyl (C=O) groups is 1. The molecule has 0 aliphatic carbocycles. The average molecular weight is 408 g/mol. The third-order valence-electron chi connectivity index (χ3n) is 4.38. The molecular formula is C24H28N2O4. The van der Waals surface area contributed by atoms with Gasteiger partial charge in [-0.3, -0.25) is 4.79 Å². The van der Waals surface area contributed by atoms with Gasteiger partial charge in [-0.05, 0) is 73.7 Å². The molecule has 0 unspecified atom stereocenters. The van der Waals surface area contributed by atoms with Crippen LogP contribution in [0.3, 0.4) is 0 Å². The molecule has 30 heavy (non-hydrogen) atoms. The van der Waals surface area contributed by atoms with Crippen molar-refractivity contribution in [1.29, 1.82) is 0 Å². The molecule has 0 saturated carbocycles. The smallest absolute Gasteiger partial charge is 0.240 e. The number of aryl methyl sites for hydroxylation is 2. The molecule has 0 spiro atoms. The lowest BCUT2D eigenvalue weighted by atomic mass is 10.0. The van der Waals surface area contributed by atoms with Gasteiger partial charge in [0, 0.05) is 6.42 Å². The Morgan fingerprint density at radius 3 is 2.73 bits per heavy atom. The van der Waals surface area contributed by atoms with Crippen LogP contribution in [0.4, 0.5) is 0 Å². The van der Waals surface area contributed by atoms with E-state index in [1.54, 1.807) is 25.5 Å². The van der Waals surface area contributed by atoms with Gasteiger partial charge in [0.25, 0.3) is 0 Å². The Labute approximate surface area is 178 Å². The summed E-state index contributed by atoms with van der Waals surface area (Å²) in [6.07, 6.45) is 8.76. The van der Waals surface area contributed by atoms with Crippen LogP contribution in [0.25, 0.3) is 0 Å². The Hall–Kier alpha value is -3.46. The fraction of sp³-hybridized carbons (Fsp3) is 0.333. The SMILES string of the molecule is C#CCOc1ccc(C=NNC(=O)CCCc2ccc(OC)cc2C)cc1OCC. The van der Waals surface area contributed by atoms with Crippen molar-refractivity contribution in [1.82, 2.24) is 5.43 Å². The first kappa shape index (κ1) is 22.8. The molecule has 0 heterocycles. The van der Waals surface area contributed by atoms with Gasteiger partial charge in [0.1, 0.15) is 12.4 Å². The molecule has 0 radical (unpaired) electrons. The van der Waals surface area contributed by atoms with Crippen LogP contribution in [0.2, 0.25) is 0 Å². The second-order valence-electron chi connectivity index (χ2n) is 6.57.